The molecule has 2 heterocycles. The van der Waals surface area contributed by atoms with Crippen molar-refractivity contribution >= 4 is 17.6 Å². The fraction of sp³-hybridized carbons (Fsp3) is 0.273. The fourth-order valence-corrected chi connectivity index (χ4v) is 5.05. The molecule has 8 nitrogen and oxygen atoms in total. The summed E-state index contributed by atoms with van der Waals surface area (Å²) >= 11 is 0. The monoisotopic (exact) mass is 551 g/mol. The maximum absolute atomic E-state index is 13.2. The van der Waals surface area contributed by atoms with Gasteiger partial charge in [0.05, 0.1) is 12.2 Å². The number of aromatic carboxylic acids is 1. The lowest BCUT2D eigenvalue weighted by molar-refractivity contribution is -0.118. The molecular formula is C33H33N3O5. The van der Waals surface area contributed by atoms with Gasteiger partial charge in [-0.05, 0) is 85.2 Å². The molecule has 0 spiro atoms. The van der Waals surface area contributed by atoms with E-state index in [1.54, 1.807) is 30.6 Å². The molecule has 0 atom stereocenters. The largest absolute Gasteiger partial charge is 0.493 e. The topological polar surface area (TPSA) is 102 Å². The second kappa shape index (κ2) is 12.6. The number of amides is 1. The third-order valence-electron chi connectivity index (χ3n) is 7.38. The Bertz CT molecular complexity index is 1550. The highest BCUT2D eigenvalue weighted by Crippen LogP contribution is 2.35. The van der Waals surface area contributed by atoms with Crippen LogP contribution in [0.15, 0.2) is 73.1 Å². The number of benzene rings is 3. The molecule has 1 aliphatic heterocycles. The highest BCUT2D eigenvalue weighted by Gasteiger charge is 2.24. The van der Waals surface area contributed by atoms with E-state index in [1.807, 2.05) is 42.2 Å². The van der Waals surface area contributed by atoms with E-state index in [-0.39, 0.29) is 24.1 Å². The fourth-order valence-electron chi connectivity index (χ4n) is 5.05. The normalized spacial score (nSPS) is 12.5. The molecule has 0 radical (unpaired) electrons. The van der Waals surface area contributed by atoms with Crippen molar-refractivity contribution in [2.24, 2.45) is 0 Å². The quantitative estimate of drug-likeness (QED) is 0.235. The minimum absolute atomic E-state index is 0.0969. The van der Waals surface area contributed by atoms with Gasteiger partial charge in [-0.2, -0.15) is 0 Å². The number of nitrogens with zero attached hydrogens (tertiary/aromatic N) is 3. The summed E-state index contributed by atoms with van der Waals surface area (Å²) in [5, 5.41) is 9.18. The van der Waals surface area contributed by atoms with E-state index in [2.05, 4.69) is 23.0 Å². The number of ether oxygens (including phenoxy) is 2. The number of aryl methyl sites for hydroxylation is 1. The van der Waals surface area contributed by atoms with Crippen molar-refractivity contribution in [3.63, 3.8) is 0 Å². The van der Waals surface area contributed by atoms with Crippen molar-refractivity contribution in [3.05, 3.63) is 101 Å². The maximum atomic E-state index is 13.2. The number of fused-ring (bicyclic) bond motifs is 1. The van der Waals surface area contributed by atoms with Crippen molar-refractivity contribution in [2.75, 3.05) is 18.1 Å². The van der Waals surface area contributed by atoms with E-state index in [0.717, 1.165) is 52.1 Å². The Morgan fingerprint density at radius 2 is 1.76 bits per heavy atom. The first kappa shape index (κ1) is 27.8. The zero-order valence-corrected chi connectivity index (χ0v) is 23.3. The summed E-state index contributed by atoms with van der Waals surface area (Å²) < 4.78 is 11.6. The van der Waals surface area contributed by atoms with Crippen LogP contribution in [0.1, 0.15) is 51.9 Å². The van der Waals surface area contributed by atoms with Crippen LogP contribution in [0.4, 0.5) is 5.69 Å². The van der Waals surface area contributed by atoms with Crippen LogP contribution in [-0.4, -0.2) is 40.1 Å². The van der Waals surface area contributed by atoms with Crippen molar-refractivity contribution in [2.45, 2.75) is 46.1 Å². The van der Waals surface area contributed by atoms with Gasteiger partial charge >= 0.3 is 12.0 Å². The van der Waals surface area contributed by atoms with Crippen molar-refractivity contribution < 1.29 is 24.2 Å². The molecule has 5 rings (SSSR count). The lowest BCUT2D eigenvalue weighted by atomic mass is 9.93. The third kappa shape index (κ3) is 6.54. The van der Waals surface area contributed by atoms with Crippen molar-refractivity contribution in [1.82, 2.24) is 9.97 Å². The Morgan fingerprint density at radius 1 is 0.976 bits per heavy atom. The molecule has 41 heavy (non-hydrogen) atoms. The van der Waals surface area contributed by atoms with Crippen LogP contribution in [0, 0.1) is 13.8 Å². The highest BCUT2D eigenvalue weighted by molar-refractivity contribution is 5.96. The van der Waals surface area contributed by atoms with Crippen molar-refractivity contribution in [3.8, 4) is 22.9 Å². The van der Waals surface area contributed by atoms with Gasteiger partial charge in [0, 0.05) is 36.6 Å². The zero-order chi connectivity index (χ0) is 28.8. The van der Waals surface area contributed by atoms with E-state index in [0.29, 0.717) is 26.0 Å². The van der Waals surface area contributed by atoms with E-state index < -0.39 is 5.97 Å². The summed E-state index contributed by atoms with van der Waals surface area (Å²) in [7, 11) is 0. The van der Waals surface area contributed by atoms with Gasteiger partial charge in [-0.3, -0.25) is 4.79 Å². The minimum atomic E-state index is -0.985. The average Bonchev–Trinajstić information content (AvgIpc) is 3.00. The molecule has 1 aliphatic rings. The van der Waals surface area contributed by atoms with Gasteiger partial charge in [0.15, 0.2) is 0 Å². The molecule has 1 aromatic heterocycles. The number of hydrogen-bond donors (Lipinski definition) is 1. The molecule has 210 valence electrons. The summed E-state index contributed by atoms with van der Waals surface area (Å²) in [6, 6.07) is 18.8. The van der Waals surface area contributed by atoms with E-state index in [4.69, 9.17) is 9.47 Å². The predicted octanol–water partition coefficient (Wildman–Crippen LogP) is 6.18. The number of rotatable bonds is 10. The second-order valence-electron chi connectivity index (χ2n) is 10.2. The molecule has 1 amide bonds. The smallest absolute Gasteiger partial charge is 0.335 e. The van der Waals surface area contributed by atoms with Gasteiger partial charge in [0.25, 0.3) is 0 Å². The van der Waals surface area contributed by atoms with Gasteiger partial charge in [-0.15, -0.1) is 0 Å². The number of aromatic nitrogens is 2. The number of carboxylic acid groups (broad SMARTS) is 1. The number of carbonyl (C=O) groups excluding carboxylic acids is 1. The van der Waals surface area contributed by atoms with E-state index in [1.165, 1.54) is 11.6 Å². The molecule has 0 bridgehead atoms. The number of anilines is 1. The third-order valence-corrected chi connectivity index (χ3v) is 7.38. The first-order valence-electron chi connectivity index (χ1n) is 13.8. The first-order valence-corrected chi connectivity index (χ1v) is 13.8. The van der Waals surface area contributed by atoms with Crippen LogP contribution in [0.2, 0.25) is 0 Å². The van der Waals surface area contributed by atoms with Crippen LogP contribution >= 0.6 is 0 Å². The number of carboxylic acids is 1. The lowest BCUT2D eigenvalue weighted by Gasteiger charge is -2.31. The van der Waals surface area contributed by atoms with E-state index >= 15 is 0 Å². The molecule has 0 fully saturated rings. The Hall–Kier alpha value is -4.72. The highest BCUT2D eigenvalue weighted by atomic mass is 16.5. The number of hydrogen-bond acceptors (Lipinski definition) is 6. The number of carbonyl (C=O) groups is 2. The van der Waals surface area contributed by atoms with E-state index in [9.17, 15) is 14.7 Å². The Balaban J connectivity index is 1.22. The summed E-state index contributed by atoms with van der Waals surface area (Å²) in [6.07, 6.45) is 6.25. The first-order chi connectivity index (χ1) is 19.9. The van der Waals surface area contributed by atoms with Gasteiger partial charge in [-0.1, -0.05) is 36.4 Å². The molecule has 0 unspecified atom stereocenters. The molecular weight excluding hydrogens is 518 g/mol. The van der Waals surface area contributed by atoms with Gasteiger partial charge in [0.2, 0.25) is 5.91 Å². The van der Waals surface area contributed by atoms with Crippen LogP contribution in [0.5, 0.6) is 11.8 Å². The summed E-state index contributed by atoms with van der Waals surface area (Å²) in [4.78, 5) is 35.1. The summed E-state index contributed by atoms with van der Waals surface area (Å²) in [5.41, 5.74) is 7.14. The van der Waals surface area contributed by atoms with Crippen LogP contribution in [0.3, 0.4) is 0 Å². The summed E-state index contributed by atoms with van der Waals surface area (Å²) in [6.45, 7) is 5.46. The van der Waals surface area contributed by atoms with Gasteiger partial charge in [-0.25, -0.2) is 14.8 Å². The minimum Gasteiger partial charge on any atom is -0.493 e. The standard InChI is InChI=1S/C33H33N3O5/c1-22-8-3-14-30(23(22)2)40-17-7-15-31(37)36-16-6-12-28-27(11-5-13-29(28)36)26-19-34-33(35-20-26)41-21-24-9-4-10-25(18-24)32(38)39/h3-5,8-11,13-14,18-20H,6-7,12,15-17,21H2,1-2H3,(H,38,39). The molecule has 4 aromatic rings. The molecule has 8 heteroatoms. The van der Waals surface area contributed by atoms with Crippen LogP contribution < -0.4 is 14.4 Å². The SMILES string of the molecule is Cc1cccc(OCCCC(=O)N2CCCc3c(-c4cnc(OCc5cccc(C(=O)O)c5)nc4)cccc32)c1C. The molecule has 0 aliphatic carbocycles. The molecule has 1 N–H and O–H groups in total. The molecule has 0 saturated carbocycles. The Kier molecular flexibility index (Phi) is 8.58. The van der Waals surface area contributed by atoms with Crippen LogP contribution in [0.25, 0.3) is 11.1 Å². The van der Waals surface area contributed by atoms with Gasteiger partial charge in [0.1, 0.15) is 12.4 Å². The summed E-state index contributed by atoms with van der Waals surface area (Å²) in [5.74, 6) is -0.0165. The zero-order valence-electron chi connectivity index (χ0n) is 23.3. The lowest BCUT2D eigenvalue weighted by Crippen LogP contribution is -2.35. The Labute approximate surface area is 239 Å². The van der Waals surface area contributed by atoms with Crippen molar-refractivity contribution in [1.29, 1.82) is 0 Å². The molecule has 0 saturated heterocycles. The van der Waals surface area contributed by atoms with Gasteiger partial charge < -0.3 is 19.5 Å². The Morgan fingerprint density at radius 3 is 2.56 bits per heavy atom. The average molecular weight is 552 g/mol. The van der Waals surface area contributed by atoms with Crippen LogP contribution in [-0.2, 0) is 17.8 Å². The second-order valence-corrected chi connectivity index (χ2v) is 10.2. The molecule has 3 aromatic carbocycles. The maximum Gasteiger partial charge on any atom is 0.335 e. The predicted molar refractivity (Wildman–Crippen MR) is 157 cm³/mol.